The van der Waals surface area contributed by atoms with Gasteiger partial charge in [-0.25, -0.2) is 4.79 Å². The molecule has 2 aromatic carbocycles. The molecule has 34 heavy (non-hydrogen) atoms. The minimum atomic E-state index is -4.42. The van der Waals surface area contributed by atoms with E-state index in [0.29, 0.717) is 16.9 Å². The maximum absolute atomic E-state index is 12.8. The van der Waals surface area contributed by atoms with Gasteiger partial charge in [-0.15, -0.1) is 10.2 Å². The third-order valence-electron chi connectivity index (χ3n) is 4.51. The summed E-state index contributed by atoms with van der Waals surface area (Å²) in [5, 5.41) is 27.6. The van der Waals surface area contributed by atoms with Crippen molar-refractivity contribution in [1.29, 1.82) is 0 Å². The Bertz CT molecular complexity index is 1110. The molecule has 0 aliphatic carbocycles. The van der Waals surface area contributed by atoms with Crippen LogP contribution in [0, 0.1) is 0 Å². The molecule has 0 radical (unpaired) electrons. The van der Waals surface area contributed by atoms with E-state index in [4.69, 9.17) is 4.74 Å². The van der Waals surface area contributed by atoms with Crippen LogP contribution in [0.15, 0.2) is 48.5 Å². The number of anilines is 2. The fourth-order valence-corrected chi connectivity index (χ4v) is 2.91. The van der Waals surface area contributed by atoms with Crippen LogP contribution in [0.1, 0.15) is 32.4 Å². The largest absolute Gasteiger partial charge is 0.444 e. The fourth-order valence-electron chi connectivity index (χ4n) is 2.91. The second-order valence-electron chi connectivity index (χ2n) is 8.40. The van der Waals surface area contributed by atoms with Crippen LogP contribution in [-0.2, 0) is 10.9 Å². The first-order valence-electron chi connectivity index (χ1n) is 10.4. The molecular weight excluding hydrogens is 453 g/mol. The number of hydrogen-bond acceptors (Lipinski definition) is 7. The van der Waals surface area contributed by atoms with Crippen molar-refractivity contribution in [2.75, 3.05) is 18.5 Å². The van der Waals surface area contributed by atoms with Crippen LogP contribution in [0.5, 0.6) is 0 Å². The SMILES string of the molecule is CC(C)(C)OC(=O)NCC(CO)n1nnc(-c2ccccc2Nc2ccc(C(F)(F)F)cc2)n1. The Morgan fingerprint density at radius 3 is 2.41 bits per heavy atom. The van der Waals surface area contributed by atoms with Gasteiger partial charge in [0.05, 0.1) is 12.2 Å². The summed E-state index contributed by atoms with van der Waals surface area (Å²) in [4.78, 5) is 13.1. The quantitative estimate of drug-likeness (QED) is 0.467. The predicted octanol–water partition coefficient (Wildman–Crippen LogP) is 4.16. The van der Waals surface area contributed by atoms with Crippen molar-refractivity contribution in [1.82, 2.24) is 25.5 Å². The highest BCUT2D eigenvalue weighted by Gasteiger charge is 2.30. The number of aliphatic hydroxyl groups excluding tert-OH is 1. The predicted molar refractivity (Wildman–Crippen MR) is 118 cm³/mol. The lowest BCUT2D eigenvalue weighted by atomic mass is 10.1. The number of nitrogens with zero attached hydrogens (tertiary/aromatic N) is 4. The second-order valence-corrected chi connectivity index (χ2v) is 8.40. The molecular formula is C22H25F3N6O3. The summed E-state index contributed by atoms with van der Waals surface area (Å²) in [5.41, 5.74) is 0.134. The number of alkyl halides is 3. The number of para-hydroxylation sites is 1. The van der Waals surface area contributed by atoms with Gasteiger partial charge in [0.15, 0.2) is 0 Å². The number of rotatable bonds is 7. The third-order valence-corrected chi connectivity index (χ3v) is 4.51. The van der Waals surface area contributed by atoms with Crippen molar-refractivity contribution in [2.24, 2.45) is 0 Å². The van der Waals surface area contributed by atoms with E-state index in [1.54, 1.807) is 45.0 Å². The highest BCUT2D eigenvalue weighted by molar-refractivity contribution is 5.77. The van der Waals surface area contributed by atoms with E-state index in [1.165, 1.54) is 16.9 Å². The van der Waals surface area contributed by atoms with Gasteiger partial charge in [-0.3, -0.25) is 0 Å². The minimum Gasteiger partial charge on any atom is -0.444 e. The molecule has 1 amide bonds. The van der Waals surface area contributed by atoms with Crippen molar-refractivity contribution in [2.45, 2.75) is 38.6 Å². The van der Waals surface area contributed by atoms with Crippen LogP contribution < -0.4 is 10.6 Å². The van der Waals surface area contributed by atoms with Gasteiger partial charge in [-0.2, -0.15) is 18.0 Å². The number of benzene rings is 2. The van der Waals surface area contributed by atoms with Gasteiger partial charge in [0, 0.05) is 23.5 Å². The number of alkyl carbamates (subject to hydrolysis) is 1. The number of carbonyl (C=O) groups excluding carboxylic acids is 1. The number of carbonyl (C=O) groups is 1. The monoisotopic (exact) mass is 478 g/mol. The molecule has 1 atom stereocenters. The van der Waals surface area contributed by atoms with E-state index in [2.05, 4.69) is 26.0 Å². The molecule has 0 aliphatic heterocycles. The zero-order chi connectivity index (χ0) is 24.9. The summed E-state index contributed by atoms with van der Waals surface area (Å²) in [6.45, 7) is 4.84. The molecule has 3 aromatic rings. The normalized spacial score (nSPS) is 12.8. The number of aliphatic hydroxyl groups is 1. The lowest BCUT2D eigenvalue weighted by Gasteiger charge is -2.21. The Labute approximate surface area is 193 Å². The van der Waals surface area contributed by atoms with Gasteiger partial charge >= 0.3 is 12.3 Å². The summed E-state index contributed by atoms with van der Waals surface area (Å²) in [5.74, 6) is 0.228. The Hall–Kier alpha value is -3.67. The van der Waals surface area contributed by atoms with Gasteiger partial charge in [-0.05, 0) is 62.4 Å². The van der Waals surface area contributed by atoms with Gasteiger partial charge in [-0.1, -0.05) is 12.1 Å². The number of aromatic nitrogens is 4. The highest BCUT2D eigenvalue weighted by Crippen LogP contribution is 2.32. The van der Waals surface area contributed by atoms with Crippen molar-refractivity contribution in [3.8, 4) is 11.4 Å². The molecule has 1 unspecified atom stereocenters. The van der Waals surface area contributed by atoms with Crippen LogP contribution in [0.4, 0.5) is 29.3 Å². The molecule has 0 saturated carbocycles. The number of tetrazole rings is 1. The lowest BCUT2D eigenvalue weighted by Crippen LogP contribution is -2.37. The van der Waals surface area contributed by atoms with Crippen LogP contribution >= 0.6 is 0 Å². The Kier molecular flexibility index (Phi) is 7.40. The summed E-state index contributed by atoms with van der Waals surface area (Å²) in [6, 6.07) is 10.9. The third kappa shape index (κ3) is 6.67. The number of nitrogens with one attached hydrogen (secondary N) is 2. The minimum absolute atomic E-state index is 0.00661. The van der Waals surface area contributed by atoms with Crippen LogP contribution in [0.2, 0.25) is 0 Å². The van der Waals surface area contributed by atoms with Gasteiger partial charge in [0.1, 0.15) is 11.6 Å². The number of hydrogen-bond donors (Lipinski definition) is 3. The van der Waals surface area contributed by atoms with E-state index in [9.17, 15) is 23.1 Å². The van der Waals surface area contributed by atoms with Crippen LogP contribution in [-0.4, -0.2) is 50.2 Å². The Morgan fingerprint density at radius 2 is 1.79 bits per heavy atom. The van der Waals surface area contributed by atoms with Crippen LogP contribution in [0.25, 0.3) is 11.4 Å². The van der Waals surface area contributed by atoms with Gasteiger partial charge in [0.25, 0.3) is 0 Å². The van der Waals surface area contributed by atoms with Gasteiger partial charge < -0.3 is 20.5 Å². The molecule has 0 aliphatic rings. The first kappa shape index (κ1) is 25.0. The molecule has 3 rings (SSSR count). The number of ether oxygens (including phenoxy) is 1. The van der Waals surface area contributed by atoms with Crippen molar-refractivity contribution in [3.05, 3.63) is 54.1 Å². The van der Waals surface area contributed by atoms with Crippen molar-refractivity contribution in [3.63, 3.8) is 0 Å². The van der Waals surface area contributed by atoms with E-state index >= 15 is 0 Å². The maximum Gasteiger partial charge on any atom is 0.416 e. The van der Waals surface area contributed by atoms with E-state index in [-0.39, 0.29) is 19.0 Å². The maximum atomic E-state index is 12.8. The molecule has 9 nitrogen and oxygen atoms in total. The molecule has 182 valence electrons. The molecule has 1 aromatic heterocycles. The molecule has 12 heteroatoms. The van der Waals surface area contributed by atoms with Crippen molar-refractivity contribution >= 4 is 17.5 Å². The lowest BCUT2D eigenvalue weighted by molar-refractivity contribution is -0.137. The van der Waals surface area contributed by atoms with Crippen LogP contribution in [0.3, 0.4) is 0 Å². The molecule has 1 heterocycles. The average Bonchev–Trinajstić information content (AvgIpc) is 3.23. The topological polar surface area (TPSA) is 114 Å². The summed E-state index contributed by atoms with van der Waals surface area (Å²) >= 11 is 0. The highest BCUT2D eigenvalue weighted by atomic mass is 19.4. The van der Waals surface area contributed by atoms with E-state index in [0.717, 1.165) is 12.1 Å². The number of halogens is 3. The fraction of sp³-hybridized carbons (Fsp3) is 0.364. The summed E-state index contributed by atoms with van der Waals surface area (Å²) in [7, 11) is 0. The Balaban J connectivity index is 1.74. The first-order chi connectivity index (χ1) is 16.0. The standard InChI is InChI=1S/C22H25F3N6O3/c1-21(2,3)34-20(33)26-12-16(13-32)31-29-19(28-30-31)17-6-4-5-7-18(17)27-15-10-8-14(9-11-15)22(23,24)25/h4-11,16,27,32H,12-13H2,1-3H3,(H,26,33). The first-order valence-corrected chi connectivity index (χ1v) is 10.4. The zero-order valence-corrected chi connectivity index (χ0v) is 18.8. The molecule has 0 spiro atoms. The molecule has 3 N–H and O–H groups in total. The van der Waals surface area contributed by atoms with Crippen molar-refractivity contribution < 1.29 is 27.8 Å². The molecule has 0 bridgehead atoms. The smallest absolute Gasteiger partial charge is 0.416 e. The van der Waals surface area contributed by atoms with Gasteiger partial charge in [0.2, 0.25) is 5.82 Å². The molecule has 0 fully saturated rings. The van der Waals surface area contributed by atoms with E-state index in [1.807, 2.05) is 0 Å². The average molecular weight is 478 g/mol. The number of amides is 1. The zero-order valence-electron chi connectivity index (χ0n) is 18.8. The summed E-state index contributed by atoms with van der Waals surface area (Å²) in [6.07, 6.45) is -5.06. The second kappa shape index (κ2) is 10.1. The van der Waals surface area contributed by atoms with E-state index < -0.39 is 29.5 Å². The molecule has 0 saturated heterocycles. The summed E-state index contributed by atoms with van der Waals surface area (Å²) < 4.78 is 43.6. The Morgan fingerprint density at radius 1 is 1.12 bits per heavy atom.